The van der Waals surface area contributed by atoms with Crippen LogP contribution in [0.4, 0.5) is 0 Å². The van der Waals surface area contributed by atoms with Crippen molar-refractivity contribution in [3.05, 3.63) is 60.2 Å². The molecule has 120 valence electrons. The molecule has 1 aliphatic carbocycles. The number of hydrogen-bond acceptors (Lipinski definition) is 1. The largest absolute Gasteiger partial charge is 0.376 e. The summed E-state index contributed by atoms with van der Waals surface area (Å²) in [4.78, 5) is 0. The van der Waals surface area contributed by atoms with Gasteiger partial charge in [-0.2, -0.15) is 0 Å². The third-order valence-corrected chi connectivity index (χ3v) is 4.74. The predicted molar refractivity (Wildman–Crippen MR) is 95.0 cm³/mol. The molecule has 0 bridgehead atoms. The summed E-state index contributed by atoms with van der Waals surface area (Å²) in [6.45, 7) is 7.30. The van der Waals surface area contributed by atoms with Gasteiger partial charge in [0.15, 0.2) is 0 Å². The summed E-state index contributed by atoms with van der Waals surface area (Å²) in [6, 6.07) is 9.08. The fraction of sp³-hybridized carbons (Fsp3) is 0.524. The third-order valence-electron chi connectivity index (χ3n) is 4.74. The average molecular weight is 298 g/mol. The van der Waals surface area contributed by atoms with Crippen LogP contribution in [-0.2, 0) is 11.3 Å². The van der Waals surface area contributed by atoms with Gasteiger partial charge in [0.05, 0.1) is 13.2 Å². The molecule has 22 heavy (non-hydrogen) atoms. The maximum atomic E-state index is 5.62. The first-order valence-electron chi connectivity index (χ1n) is 8.72. The van der Waals surface area contributed by atoms with Gasteiger partial charge in [-0.15, -0.1) is 6.58 Å². The molecule has 1 fully saturated rings. The van der Waals surface area contributed by atoms with Crippen LogP contribution >= 0.6 is 0 Å². The number of hydrogen-bond donors (Lipinski definition) is 0. The zero-order valence-electron chi connectivity index (χ0n) is 14.0. The Morgan fingerprint density at radius 2 is 1.86 bits per heavy atom. The van der Waals surface area contributed by atoms with Gasteiger partial charge >= 0.3 is 0 Å². The Hall–Kier alpha value is -1.34. The molecule has 2 rings (SSSR count). The summed E-state index contributed by atoms with van der Waals surface area (Å²) in [5, 5.41) is 0. The van der Waals surface area contributed by atoms with E-state index in [0.717, 1.165) is 24.9 Å². The van der Waals surface area contributed by atoms with Crippen molar-refractivity contribution >= 4 is 0 Å². The Kier molecular flexibility index (Phi) is 7.45. The van der Waals surface area contributed by atoms with Crippen molar-refractivity contribution in [2.45, 2.75) is 58.0 Å². The molecule has 0 amide bonds. The van der Waals surface area contributed by atoms with Crippen LogP contribution in [0.15, 0.2) is 49.1 Å². The molecule has 0 aromatic heterocycles. The lowest BCUT2D eigenvalue weighted by molar-refractivity contribution is 0.125. The third kappa shape index (κ3) is 5.46. The Balaban J connectivity index is 1.77. The molecule has 1 nitrogen and oxygen atoms in total. The van der Waals surface area contributed by atoms with Crippen molar-refractivity contribution < 1.29 is 4.74 Å². The van der Waals surface area contributed by atoms with Crippen molar-refractivity contribution in [1.29, 1.82) is 0 Å². The highest BCUT2D eigenvalue weighted by Gasteiger charge is 2.21. The standard InChI is InChI=1S/C21H30O/c1-3-5-7-18-8-12-20(13-9-18)21-14-10-19(11-15-21)17-22-16-6-4-2/h3-5,10-11,14-15,18,20H,2,6-9,12-13,16-17H2,1H3. The maximum absolute atomic E-state index is 5.62. The van der Waals surface area contributed by atoms with E-state index in [9.17, 15) is 0 Å². The van der Waals surface area contributed by atoms with Gasteiger partial charge in [-0.05, 0) is 68.4 Å². The van der Waals surface area contributed by atoms with Gasteiger partial charge < -0.3 is 4.74 Å². The van der Waals surface area contributed by atoms with Gasteiger partial charge in [-0.3, -0.25) is 0 Å². The van der Waals surface area contributed by atoms with Crippen LogP contribution in [0.2, 0.25) is 0 Å². The highest BCUT2D eigenvalue weighted by Crippen LogP contribution is 2.37. The van der Waals surface area contributed by atoms with E-state index in [0.29, 0.717) is 6.61 Å². The van der Waals surface area contributed by atoms with E-state index < -0.39 is 0 Å². The van der Waals surface area contributed by atoms with Crippen molar-refractivity contribution in [1.82, 2.24) is 0 Å². The quantitative estimate of drug-likeness (QED) is 0.421. The molecule has 0 heterocycles. The van der Waals surface area contributed by atoms with Crippen LogP contribution in [0.5, 0.6) is 0 Å². The SMILES string of the molecule is C=CCCOCc1ccc(C2CCC(CC=CC)CC2)cc1. The monoisotopic (exact) mass is 298 g/mol. The van der Waals surface area contributed by atoms with E-state index in [4.69, 9.17) is 4.74 Å². The molecule has 0 saturated heterocycles. The molecule has 0 radical (unpaired) electrons. The topological polar surface area (TPSA) is 9.23 Å². The second kappa shape index (κ2) is 9.63. The second-order valence-electron chi connectivity index (χ2n) is 6.39. The molecule has 1 aromatic rings. The van der Waals surface area contributed by atoms with Crippen LogP contribution in [0.25, 0.3) is 0 Å². The summed E-state index contributed by atoms with van der Waals surface area (Å²) in [7, 11) is 0. The predicted octanol–water partition coefficient (Wildman–Crippen LogP) is 6.02. The molecular formula is C21H30O. The highest BCUT2D eigenvalue weighted by molar-refractivity contribution is 5.25. The lowest BCUT2D eigenvalue weighted by Gasteiger charge is -2.28. The van der Waals surface area contributed by atoms with Gasteiger partial charge in [-0.1, -0.05) is 42.5 Å². The lowest BCUT2D eigenvalue weighted by atomic mass is 9.77. The Bertz CT molecular complexity index is 449. The molecule has 0 unspecified atom stereocenters. The van der Waals surface area contributed by atoms with Crippen LogP contribution < -0.4 is 0 Å². The van der Waals surface area contributed by atoms with E-state index in [-0.39, 0.29) is 0 Å². The van der Waals surface area contributed by atoms with E-state index in [1.165, 1.54) is 43.2 Å². The first-order valence-corrected chi connectivity index (χ1v) is 8.72. The van der Waals surface area contributed by atoms with Crippen LogP contribution in [0, 0.1) is 5.92 Å². The van der Waals surface area contributed by atoms with Crippen molar-refractivity contribution in [2.75, 3.05) is 6.61 Å². The van der Waals surface area contributed by atoms with Crippen LogP contribution in [-0.4, -0.2) is 6.61 Å². The van der Waals surface area contributed by atoms with Gasteiger partial charge in [0.1, 0.15) is 0 Å². The Labute approximate surface area is 136 Å². The molecular weight excluding hydrogens is 268 g/mol. The van der Waals surface area contributed by atoms with Gasteiger partial charge in [-0.25, -0.2) is 0 Å². The minimum absolute atomic E-state index is 0.713. The van der Waals surface area contributed by atoms with Gasteiger partial charge in [0, 0.05) is 0 Å². The molecule has 0 N–H and O–H groups in total. The fourth-order valence-corrected chi connectivity index (χ4v) is 3.30. The van der Waals surface area contributed by atoms with Crippen molar-refractivity contribution in [3.63, 3.8) is 0 Å². The molecule has 1 aromatic carbocycles. The van der Waals surface area contributed by atoms with Crippen LogP contribution in [0.3, 0.4) is 0 Å². The zero-order chi connectivity index (χ0) is 15.6. The normalized spacial score (nSPS) is 22.0. The van der Waals surface area contributed by atoms with Gasteiger partial charge in [0.2, 0.25) is 0 Å². The number of benzene rings is 1. The average Bonchev–Trinajstić information content (AvgIpc) is 2.58. The number of ether oxygens (including phenoxy) is 1. The summed E-state index contributed by atoms with van der Waals surface area (Å²) in [5.41, 5.74) is 2.79. The Morgan fingerprint density at radius 3 is 2.50 bits per heavy atom. The van der Waals surface area contributed by atoms with Crippen molar-refractivity contribution in [3.8, 4) is 0 Å². The second-order valence-corrected chi connectivity index (χ2v) is 6.39. The summed E-state index contributed by atoms with van der Waals surface area (Å²) in [6.07, 6.45) is 14.0. The van der Waals surface area contributed by atoms with E-state index in [1.807, 2.05) is 6.08 Å². The summed E-state index contributed by atoms with van der Waals surface area (Å²) in [5.74, 6) is 1.67. The van der Waals surface area contributed by atoms with E-state index in [2.05, 4.69) is 49.9 Å². The molecule has 0 spiro atoms. The van der Waals surface area contributed by atoms with Crippen LogP contribution in [0.1, 0.15) is 62.5 Å². The smallest absolute Gasteiger partial charge is 0.0717 e. The lowest BCUT2D eigenvalue weighted by Crippen LogP contribution is -2.12. The first kappa shape index (κ1) is 17.0. The molecule has 0 atom stereocenters. The van der Waals surface area contributed by atoms with Crippen molar-refractivity contribution in [2.24, 2.45) is 5.92 Å². The molecule has 1 aliphatic rings. The minimum atomic E-state index is 0.713. The number of allylic oxidation sites excluding steroid dienone is 2. The van der Waals surface area contributed by atoms with E-state index >= 15 is 0 Å². The van der Waals surface area contributed by atoms with Gasteiger partial charge in [0.25, 0.3) is 0 Å². The Morgan fingerprint density at radius 1 is 1.14 bits per heavy atom. The fourth-order valence-electron chi connectivity index (χ4n) is 3.30. The maximum Gasteiger partial charge on any atom is 0.0717 e. The summed E-state index contributed by atoms with van der Waals surface area (Å²) < 4.78 is 5.62. The highest BCUT2D eigenvalue weighted by atomic mass is 16.5. The van der Waals surface area contributed by atoms with E-state index in [1.54, 1.807) is 0 Å². The minimum Gasteiger partial charge on any atom is -0.376 e. The molecule has 1 heteroatoms. The molecule has 0 aliphatic heterocycles. The molecule has 1 saturated carbocycles. The zero-order valence-corrected chi connectivity index (χ0v) is 14.0. The summed E-state index contributed by atoms with van der Waals surface area (Å²) >= 11 is 0. The number of rotatable bonds is 8. The first-order chi connectivity index (χ1) is 10.8.